The third kappa shape index (κ3) is 1.28. The lowest BCUT2D eigenvalue weighted by molar-refractivity contribution is -0.127. The first-order valence-electron chi connectivity index (χ1n) is 5.75. The third-order valence-corrected chi connectivity index (χ3v) is 3.71. The fourth-order valence-corrected chi connectivity index (χ4v) is 2.80. The molecular weight excluding hydrogens is 196 g/mol. The Balaban J connectivity index is 2.02. The van der Waals surface area contributed by atoms with E-state index < -0.39 is 0 Å². The van der Waals surface area contributed by atoms with E-state index in [1.807, 2.05) is 6.07 Å². The second kappa shape index (κ2) is 3.44. The topological polar surface area (TPSA) is 17.1 Å². The molecule has 1 aromatic rings. The molecule has 1 aromatic carbocycles. The summed E-state index contributed by atoms with van der Waals surface area (Å²) in [5, 5.41) is 0. The SMILES string of the molecule is O=C1CC(C2=CC=CC2)(c2ccccc2)C1. The molecule has 0 heterocycles. The highest BCUT2D eigenvalue weighted by molar-refractivity contribution is 5.90. The summed E-state index contributed by atoms with van der Waals surface area (Å²) in [5.41, 5.74) is 2.71. The van der Waals surface area contributed by atoms with E-state index in [0.29, 0.717) is 18.6 Å². The molecule has 1 nitrogen and oxygen atoms in total. The molecule has 16 heavy (non-hydrogen) atoms. The maximum absolute atomic E-state index is 11.4. The lowest BCUT2D eigenvalue weighted by Gasteiger charge is -2.42. The number of carbonyl (C=O) groups excluding carboxylic acids is 1. The summed E-state index contributed by atoms with van der Waals surface area (Å²) in [7, 11) is 0. The van der Waals surface area contributed by atoms with Crippen LogP contribution in [0.5, 0.6) is 0 Å². The van der Waals surface area contributed by atoms with Crippen LogP contribution in [-0.4, -0.2) is 5.78 Å². The Kier molecular flexibility index (Phi) is 2.06. The minimum atomic E-state index is 0.0157. The van der Waals surface area contributed by atoms with Crippen LogP contribution in [0.15, 0.2) is 54.1 Å². The van der Waals surface area contributed by atoms with Crippen LogP contribution in [0.1, 0.15) is 24.8 Å². The quantitative estimate of drug-likeness (QED) is 0.732. The van der Waals surface area contributed by atoms with Gasteiger partial charge >= 0.3 is 0 Å². The monoisotopic (exact) mass is 210 g/mol. The zero-order valence-electron chi connectivity index (χ0n) is 9.15. The number of carbonyl (C=O) groups is 1. The predicted octanol–water partition coefficient (Wildman–Crippen LogP) is 3.17. The van der Waals surface area contributed by atoms with Crippen molar-refractivity contribution in [2.75, 3.05) is 0 Å². The molecule has 0 saturated heterocycles. The summed E-state index contributed by atoms with van der Waals surface area (Å²) in [4.78, 5) is 11.4. The van der Waals surface area contributed by atoms with Crippen LogP contribution >= 0.6 is 0 Å². The fourth-order valence-electron chi connectivity index (χ4n) is 2.80. The van der Waals surface area contributed by atoms with Crippen LogP contribution in [0.25, 0.3) is 0 Å². The second-order valence-corrected chi connectivity index (χ2v) is 4.66. The minimum Gasteiger partial charge on any atom is -0.300 e. The molecule has 80 valence electrons. The fraction of sp³-hybridized carbons (Fsp3) is 0.267. The van der Waals surface area contributed by atoms with Gasteiger partial charge in [-0.2, -0.15) is 0 Å². The largest absolute Gasteiger partial charge is 0.300 e. The lowest BCUT2D eigenvalue weighted by Crippen LogP contribution is -2.43. The first kappa shape index (κ1) is 9.59. The number of ketones is 1. The molecule has 0 unspecified atom stereocenters. The van der Waals surface area contributed by atoms with Gasteiger partial charge in [-0.15, -0.1) is 0 Å². The molecule has 2 aliphatic rings. The van der Waals surface area contributed by atoms with E-state index in [-0.39, 0.29) is 5.41 Å². The Bertz CT molecular complexity index is 471. The number of benzene rings is 1. The van der Waals surface area contributed by atoms with Crippen molar-refractivity contribution < 1.29 is 4.79 Å². The van der Waals surface area contributed by atoms with E-state index in [0.717, 1.165) is 6.42 Å². The number of rotatable bonds is 2. The van der Waals surface area contributed by atoms with Crippen molar-refractivity contribution in [1.29, 1.82) is 0 Å². The zero-order chi connectivity index (χ0) is 11.0. The molecular formula is C15H14O. The highest BCUT2D eigenvalue weighted by atomic mass is 16.1. The molecule has 1 fully saturated rings. The van der Waals surface area contributed by atoms with Gasteiger partial charge in [-0.25, -0.2) is 0 Å². The van der Waals surface area contributed by atoms with Crippen molar-refractivity contribution in [2.45, 2.75) is 24.7 Å². The van der Waals surface area contributed by atoms with Gasteiger partial charge in [-0.1, -0.05) is 54.1 Å². The molecule has 1 heteroatoms. The Hall–Kier alpha value is -1.63. The third-order valence-electron chi connectivity index (χ3n) is 3.71. The number of hydrogen-bond acceptors (Lipinski definition) is 1. The van der Waals surface area contributed by atoms with E-state index in [1.165, 1.54) is 11.1 Å². The molecule has 0 atom stereocenters. The molecule has 0 aliphatic heterocycles. The van der Waals surface area contributed by atoms with Gasteiger partial charge in [-0.3, -0.25) is 4.79 Å². The molecule has 1 saturated carbocycles. The molecule has 0 N–H and O–H groups in total. The average Bonchev–Trinajstić information content (AvgIpc) is 2.79. The van der Waals surface area contributed by atoms with E-state index in [1.54, 1.807) is 0 Å². The van der Waals surface area contributed by atoms with Crippen molar-refractivity contribution >= 4 is 5.78 Å². The van der Waals surface area contributed by atoms with Gasteiger partial charge in [0.15, 0.2) is 0 Å². The van der Waals surface area contributed by atoms with Gasteiger partial charge in [-0.05, 0) is 12.0 Å². The Morgan fingerprint density at radius 1 is 1.06 bits per heavy atom. The number of Topliss-reactive ketones (excluding diaryl/α,β-unsaturated/α-hetero) is 1. The number of allylic oxidation sites excluding steroid dienone is 4. The molecule has 0 amide bonds. The average molecular weight is 210 g/mol. The van der Waals surface area contributed by atoms with Crippen molar-refractivity contribution in [3.05, 3.63) is 59.7 Å². The molecule has 3 rings (SSSR count). The van der Waals surface area contributed by atoms with Crippen LogP contribution in [0.2, 0.25) is 0 Å². The summed E-state index contributed by atoms with van der Waals surface area (Å²) < 4.78 is 0. The first-order chi connectivity index (χ1) is 7.81. The maximum atomic E-state index is 11.4. The van der Waals surface area contributed by atoms with Crippen molar-refractivity contribution in [3.63, 3.8) is 0 Å². The molecule has 0 aromatic heterocycles. The Morgan fingerprint density at radius 2 is 1.81 bits per heavy atom. The second-order valence-electron chi connectivity index (χ2n) is 4.66. The van der Waals surface area contributed by atoms with Gasteiger partial charge in [0.1, 0.15) is 5.78 Å². The van der Waals surface area contributed by atoms with Crippen molar-refractivity contribution in [3.8, 4) is 0 Å². The van der Waals surface area contributed by atoms with Crippen LogP contribution < -0.4 is 0 Å². The lowest BCUT2D eigenvalue weighted by atomic mass is 9.59. The smallest absolute Gasteiger partial charge is 0.135 e. The molecule has 0 spiro atoms. The molecule has 0 bridgehead atoms. The minimum absolute atomic E-state index is 0.0157. The van der Waals surface area contributed by atoms with Crippen molar-refractivity contribution in [1.82, 2.24) is 0 Å². The van der Waals surface area contributed by atoms with E-state index in [4.69, 9.17) is 0 Å². The molecule has 2 aliphatic carbocycles. The summed E-state index contributed by atoms with van der Waals surface area (Å²) in [6.07, 6.45) is 8.82. The summed E-state index contributed by atoms with van der Waals surface area (Å²) in [5.74, 6) is 0.386. The highest BCUT2D eigenvalue weighted by Gasteiger charge is 2.47. The van der Waals surface area contributed by atoms with Gasteiger partial charge in [0, 0.05) is 18.3 Å². The Labute approximate surface area is 95.5 Å². The number of hydrogen-bond donors (Lipinski definition) is 0. The summed E-state index contributed by atoms with van der Waals surface area (Å²) >= 11 is 0. The molecule has 0 radical (unpaired) electrons. The van der Waals surface area contributed by atoms with Crippen LogP contribution in [0.3, 0.4) is 0 Å². The van der Waals surface area contributed by atoms with Crippen LogP contribution in [-0.2, 0) is 10.2 Å². The predicted molar refractivity (Wildman–Crippen MR) is 64.2 cm³/mol. The van der Waals surface area contributed by atoms with Crippen LogP contribution in [0, 0.1) is 0 Å². The van der Waals surface area contributed by atoms with Crippen molar-refractivity contribution in [2.24, 2.45) is 0 Å². The summed E-state index contributed by atoms with van der Waals surface area (Å²) in [6, 6.07) is 10.4. The maximum Gasteiger partial charge on any atom is 0.135 e. The van der Waals surface area contributed by atoms with Gasteiger partial charge in [0.2, 0.25) is 0 Å². The van der Waals surface area contributed by atoms with Crippen LogP contribution in [0.4, 0.5) is 0 Å². The standard InChI is InChI=1S/C15H14O/c16-14-10-15(11-14,13-8-4-5-9-13)12-6-2-1-3-7-12/h1-8H,9-11H2. The van der Waals surface area contributed by atoms with Gasteiger partial charge in [0.25, 0.3) is 0 Å². The van der Waals surface area contributed by atoms with E-state index >= 15 is 0 Å². The highest BCUT2D eigenvalue weighted by Crippen LogP contribution is 2.49. The van der Waals surface area contributed by atoms with E-state index in [9.17, 15) is 4.79 Å². The Morgan fingerprint density at radius 3 is 2.38 bits per heavy atom. The summed E-state index contributed by atoms with van der Waals surface area (Å²) in [6.45, 7) is 0. The normalized spacial score (nSPS) is 21.8. The van der Waals surface area contributed by atoms with Gasteiger partial charge < -0.3 is 0 Å². The van der Waals surface area contributed by atoms with Gasteiger partial charge in [0.05, 0.1) is 0 Å². The first-order valence-corrected chi connectivity index (χ1v) is 5.75. The zero-order valence-corrected chi connectivity index (χ0v) is 9.15. The van der Waals surface area contributed by atoms with E-state index in [2.05, 4.69) is 42.5 Å².